The molecule has 0 aliphatic carbocycles. The van der Waals surface area contributed by atoms with Crippen molar-refractivity contribution in [3.8, 4) is 17.1 Å². The van der Waals surface area contributed by atoms with E-state index in [2.05, 4.69) is 20.3 Å². The maximum Gasteiger partial charge on any atom is 0.217 e. The van der Waals surface area contributed by atoms with Gasteiger partial charge in [-0.05, 0) is 32.0 Å². The van der Waals surface area contributed by atoms with Gasteiger partial charge in [0.25, 0.3) is 0 Å². The topological polar surface area (TPSA) is 59.9 Å². The standard InChI is InChI=1S/C14H16N4O/c1-10-17-13(11-2-5-15-6-3-11)8-14(18-10)19-12-4-7-16-9-12/h2-3,5-6,8,12,16H,4,7,9H2,1H3. The van der Waals surface area contributed by atoms with E-state index in [9.17, 15) is 0 Å². The maximum atomic E-state index is 5.89. The highest BCUT2D eigenvalue weighted by Gasteiger charge is 2.17. The Balaban J connectivity index is 1.87. The summed E-state index contributed by atoms with van der Waals surface area (Å²) in [5.74, 6) is 1.36. The van der Waals surface area contributed by atoms with Gasteiger partial charge in [-0.3, -0.25) is 4.98 Å². The molecular formula is C14H16N4O. The van der Waals surface area contributed by atoms with Crippen molar-refractivity contribution in [2.75, 3.05) is 13.1 Å². The van der Waals surface area contributed by atoms with Crippen molar-refractivity contribution in [3.05, 3.63) is 36.4 Å². The van der Waals surface area contributed by atoms with Crippen molar-refractivity contribution in [1.29, 1.82) is 0 Å². The SMILES string of the molecule is Cc1nc(OC2CCNC2)cc(-c2ccncc2)n1. The van der Waals surface area contributed by atoms with Gasteiger partial charge in [-0.15, -0.1) is 0 Å². The first-order valence-corrected chi connectivity index (χ1v) is 6.45. The summed E-state index contributed by atoms with van der Waals surface area (Å²) in [5, 5.41) is 3.28. The summed E-state index contributed by atoms with van der Waals surface area (Å²) in [5.41, 5.74) is 1.89. The van der Waals surface area contributed by atoms with Crippen LogP contribution in [0.2, 0.25) is 0 Å². The summed E-state index contributed by atoms with van der Waals surface area (Å²) < 4.78 is 5.89. The molecule has 3 heterocycles. The zero-order valence-electron chi connectivity index (χ0n) is 10.8. The number of nitrogens with one attached hydrogen (secondary N) is 1. The fourth-order valence-electron chi connectivity index (χ4n) is 2.17. The number of pyridine rings is 1. The molecule has 2 aromatic rings. The van der Waals surface area contributed by atoms with Gasteiger partial charge in [-0.1, -0.05) is 0 Å². The van der Waals surface area contributed by atoms with Crippen LogP contribution in [0.3, 0.4) is 0 Å². The van der Waals surface area contributed by atoms with E-state index in [-0.39, 0.29) is 6.10 Å². The number of aryl methyl sites for hydroxylation is 1. The van der Waals surface area contributed by atoms with Gasteiger partial charge >= 0.3 is 0 Å². The quantitative estimate of drug-likeness (QED) is 0.903. The lowest BCUT2D eigenvalue weighted by Crippen LogP contribution is -2.20. The molecule has 1 N–H and O–H groups in total. The Kier molecular flexibility index (Phi) is 3.37. The highest BCUT2D eigenvalue weighted by Crippen LogP contribution is 2.21. The maximum absolute atomic E-state index is 5.89. The Labute approximate surface area is 112 Å². The third kappa shape index (κ3) is 2.88. The Morgan fingerprint density at radius 2 is 2.11 bits per heavy atom. The molecule has 1 aliphatic rings. The van der Waals surface area contributed by atoms with Crippen molar-refractivity contribution < 1.29 is 4.74 Å². The van der Waals surface area contributed by atoms with Gasteiger partial charge in [0.2, 0.25) is 5.88 Å². The molecule has 1 fully saturated rings. The van der Waals surface area contributed by atoms with Crippen LogP contribution in [0.4, 0.5) is 0 Å². The van der Waals surface area contributed by atoms with Crippen molar-refractivity contribution in [1.82, 2.24) is 20.3 Å². The van der Waals surface area contributed by atoms with Crippen LogP contribution in [0.5, 0.6) is 5.88 Å². The molecule has 1 aliphatic heterocycles. The van der Waals surface area contributed by atoms with Gasteiger partial charge in [0.1, 0.15) is 11.9 Å². The molecule has 19 heavy (non-hydrogen) atoms. The minimum atomic E-state index is 0.208. The molecule has 2 aromatic heterocycles. The Morgan fingerprint density at radius 3 is 2.84 bits per heavy atom. The molecular weight excluding hydrogens is 240 g/mol. The zero-order chi connectivity index (χ0) is 13.1. The molecule has 0 bridgehead atoms. The summed E-state index contributed by atoms with van der Waals surface area (Å²) in [6.45, 7) is 3.77. The highest BCUT2D eigenvalue weighted by atomic mass is 16.5. The van der Waals surface area contributed by atoms with E-state index < -0.39 is 0 Å². The van der Waals surface area contributed by atoms with E-state index in [1.807, 2.05) is 25.1 Å². The molecule has 0 spiro atoms. The van der Waals surface area contributed by atoms with Crippen molar-refractivity contribution in [2.24, 2.45) is 0 Å². The van der Waals surface area contributed by atoms with Crippen molar-refractivity contribution in [3.63, 3.8) is 0 Å². The van der Waals surface area contributed by atoms with Crippen LogP contribution in [-0.4, -0.2) is 34.1 Å². The first-order chi connectivity index (χ1) is 9.31. The van der Waals surface area contributed by atoms with Crippen LogP contribution < -0.4 is 10.1 Å². The molecule has 5 heteroatoms. The fourth-order valence-corrected chi connectivity index (χ4v) is 2.17. The molecule has 3 rings (SSSR count). The number of nitrogens with zero attached hydrogens (tertiary/aromatic N) is 3. The van der Waals surface area contributed by atoms with Gasteiger partial charge in [0.05, 0.1) is 5.69 Å². The molecule has 98 valence electrons. The van der Waals surface area contributed by atoms with Crippen LogP contribution in [0.25, 0.3) is 11.3 Å². The Bertz CT molecular complexity index is 553. The minimum absolute atomic E-state index is 0.208. The average Bonchev–Trinajstić information content (AvgIpc) is 2.92. The van der Waals surface area contributed by atoms with Gasteiger partial charge in [0, 0.05) is 30.6 Å². The second-order valence-corrected chi connectivity index (χ2v) is 4.61. The average molecular weight is 256 g/mol. The summed E-state index contributed by atoms with van der Waals surface area (Å²) >= 11 is 0. The number of hydrogen-bond donors (Lipinski definition) is 1. The molecule has 0 radical (unpaired) electrons. The van der Waals surface area contributed by atoms with E-state index in [1.165, 1.54) is 0 Å². The van der Waals surface area contributed by atoms with E-state index in [0.717, 1.165) is 36.6 Å². The number of aromatic nitrogens is 3. The second kappa shape index (κ2) is 5.32. The molecule has 0 saturated carbocycles. The smallest absolute Gasteiger partial charge is 0.217 e. The first kappa shape index (κ1) is 12.0. The summed E-state index contributed by atoms with van der Waals surface area (Å²) in [4.78, 5) is 12.8. The lowest BCUT2D eigenvalue weighted by atomic mass is 10.2. The Morgan fingerprint density at radius 1 is 1.26 bits per heavy atom. The highest BCUT2D eigenvalue weighted by molar-refractivity contribution is 5.59. The Hall–Kier alpha value is -2.01. The summed E-state index contributed by atoms with van der Waals surface area (Å²) in [6.07, 6.45) is 4.75. The monoisotopic (exact) mass is 256 g/mol. The number of ether oxygens (including phenoxy) is 1. The van der Waals surface area contributed by atoms with Crippen LogP contribution in [0.1, 0.15) is 12.2 Å². The summed E-state index contributed by atoms with van der Waals surface area (Å²) in [6, 6.07) is 5.76. The van der Waals surface area contributed by atoms with Gasteiger partial charge < -0.3 is 10.1 Å². The van der Waals surface area contributed by atoms with Crippen molar-refractivity contribution in [2.45, 2.75) is 19.4 Å². The van der Waals surface area contributed by atoms with Gasteiger partial charge in [-0.25, -0.2) is 4.98 Å². The lowest BCUT2D eigenvalue weighted by molar-refractivity contribution is 0.213. The fraction of sp³-hybridized carbons (Fsp3) is 0.357. The van der Waals surface area contributed by atoms with Crippen LogP contribution in [0, 0.1) is 6.92 Å². The van der Waals surface area contributed by atoms with Crippen LogP contribution in [-0.2, 0) is 0 Å². The number of rotatable bonds is 3. The third-order valence-electron chi connectivity index (χ3n) is 3.09. The normalized spacial score (nSPS) is 18.5. The lowest BCUT2D eigenvalue weighted by Gasteiger charge is -2.12. The molecule has 1 atom stereocenters. The predicted molar refractivity (Wildman–Crippen MR) is 71.9 cm³/mol. The summed E-state index contributed by atoms with van der Waals surface area (Å²) in [7, 11) is 0. The largest absolute Gasteiger partial charge is 0.473 e. The van der Waals surface area contributed by atoms with Crippen LogP contribution in [0.15, 0.2) is 30.6 Å². The second-order valence-electron chi connectivity index (χ2n) is 4.61. The molecule has 0 amide bonds. The van der Waals surface area contributed by atoms with Crippen molar-refractivity contribution >= 4 is 0 Å². The molecule has 1 unspecified atom stereocenters. The predicted octanol–water partition coefficient (Wildman–Crippen LogP) is 1.59. The minimum Gasteiger partial charge on any atom is -0.473 e. The van der Waals surface area contributed by atoms with Crippen LogP contribution >= 0.6 is 0 Å². The van der Waals surface area contributed by atoms with Gasteiger partial charge in [-0.2, -0.15) is 4.98 Å². The zero-order valence-corrected chi connectivity index (χ0v) is 10.8. The number of hydrogen-bond acceptors (Lipinski definition) is 5. The first-order valence-electron chi connectivity index (χ1n) is 6.45. The molecule has 5 nitrogen and oxygen atoms in total. The van der Waals surface area contributed by atoms with E-state index in [4.69, 9.17) is 4.74 Å². The molecule has 0 aromatic carbocycles. The van der Waals surface area contributed by atoms with Gasteiger partial charge in [0.15, 0.2) is 0 Å². The third-order valence-corrected chi connectivity index (χ3v) is 3.09. The van der Waals surface area contributed by atoms with E-state index in [1.54, 1.807) is 12.4 Å². The molecule has 1 saturated heterocycles. The van der Waals surface area contributed by atoms with E-state index >= 15 is 0 Å². The van der Waals surface area contributed by atoms with E-state index in [0.29, 0.717) is 5.88 Å².